The van der Waals surface area contributed by atoms with E-state index in [1.165, 1.54) is 18.2 Å². The van der Waals surface area contributed by atoms with Crippen LogP contribution in [0.2, 0.25) is 0 Å². The fourth-order valence-corrected chi connectivity index (χ4v) is 7.02. The molecule has 1 saturated carbocycles. The predicted molar refractivity (Wildman–Crippen MR) is 138 cm³/mol. The van der Waals surface area contributed by atoms with Crippen molar-refractivity contribution >= 4 is 15.4 Å². The van der Waals surface area contributed by atoms with Crippen LogP contribution in [0.1, 0.15) is 49.6 Å². The molecule has 10 heteroatoms. The van der Waals surface area contributed by atoms with Gasteiger partial charge in [-0.15, -0.1) is 5.10 Å². The Morgan fingerprint density at radius 2 is 1.95 bits per heavy atom. The minimum absolute atomic E-state index is 0.141. The molecule has 0 aliphatic heterocycles. The number of fused-ring (bicyclic) bond motifs is 5. The van der Waals surface area contributed by atoms with Crippen molar-refractivity contribution in [1.29, 1.82) is 0 Å². The van der Waals surface area contributed by atoms with Crippen LogP contribution < -0.4 is 0 Å². The Balaban J connectivity index is 1.45. The van der Waals surface area contributed by atoms with E-state index < -0.39 is 26.6 Å². The molecule has 1 unspecified atom stereocenters. The average molecular weight is 521 g/mol. The third kappa shape index (κ3) is 3.53. The molecule has 0 N–H and O–H groups in total. The fraction of sp³-hybridized carbons (Fsp3) is 0.333. The number of halogens is 2. The zero-order chi connectivity index (χ0) is 26.2. The van der Waals surface area contributed by atoms with Crippen molar-refractivity contribution < 1.29 is 13.0 Å². The summed E-state index contributed by atoms with van der Waals surface area (Å²) in [7, 11) is -2.26. The molecule has 0 amide bonds. The number of benzene rings is 1. The summed E-state index contributed by atoms with van der Waals surface area (Å²) in [6.07, 6.45) is 8.47. The van der Waals surface area contributed by atoms with E-state index in [-0.39, 0.29) is 28.5 Å². The van der Waals surface area contributed by atoms with Crippen LogP contribution in [0.15, 0.2) is 48.9 Å². The van der Waals surface area contributed by atoms with Gasteiger partial charge >= 0.3 is 0 Å². The molecule has 0 spiro atoms. The third-order valence-corrected chi connectivity index (χ3v) is 8.80. The van der Waals surface area contributed by atoms with Crippen molar-refractivity contribution in [2.45, 2.75) is 43.9 Å². The topological polar surface area (TPSA) is 86.5 Å². The number of nitrogens with zero attached hydrogens (tertiary/aromatic N) is 6. The molecule has 2 bridgehead atoms. The summed E-state index contributed by atoms with van der Waals surface area (Å²) in [5.41, 5.74) is 2.56. The lowest BCUT2D eigenvalue weighted by Crippen LogP contribution is -2.38. The van der Waals surface area contributed by atoms with E-state index in [0.717, 1.165) is 29.8 Å². The van der Waals surface area contributed by atoms with Gasteiger partial charge in [0.1, 0.15) is 17.5 Å². The number of hydrogen-bond acceptors (Lipinski definition) is 6. The minimum atomic E-state index is -2.26. The Hall–Kier alpha value is -3.53. The van der Waals surface area contributed by atoms with Crippen molar-refractivity contribution in [3.8, 4) is 22.6 Å². The number of aromatic nitrogens is 6. The van der Waals surface area contributed by atoms with E-state index in [0.29, 0.717) is 11.4 Å². The fourth-order valence-electron chi connectivity index (χ4n) is 6.32. The molecule has 3 heterocycles. The molecule has 2 aliphatic rings. The van der Waals surface area contributed by atoms with Crippen LogP contribution >= 0.6 is 0 Å². The molecule has 7 nitrogen and oxygen atoms in total. The second-order valence-corrected chi connectivity index (χ2v) is 13.3. The highest BCUT2D eigenvalue weighted by Gasteiger charge is 2.65. The first kappa shape index (κ1) is 23.8. The molecule has 4 aromatic rings. The van der Waals surface area contributed by atoms with Gasteiger partial charge in [0.2, 0.25) is 0 Å². The molecular formula is C27H26F2N6OS. The van der Waals surface area contributed by atoms with Crippen LogP contribution in [0.3, 0.4) is 0 Å². The second-order valence-electron chi connectivity index (χ2n) is 10.7. The first-order valence-corrected chi connectivity index (χ1v) is 14.3. The first-order valence-electron chi connectivity index (χ1n) is 12.0. The van der Waals surface area contributed by atoms with Crippen molar-refractivity contribution in [3.05, 3.63) is 77.5 Å². The SMILES string of the molecule is C=S(C)(=O)Cn1cc(-c2nccc([C@@]34CC[C@@H](c5cc(-c6c(F)cccc6F)nnc53)C4(C)C)n2)cn1. The van der Waals surface area contributed by atoms with Crippen LogP contribution in [0.5, 0.6) is 0 Å². The highest BCUT2D eigenvalue weighted by atomic mass is 32.2. The molecule has 0 saturated heterocycles. The second kappa shape index (κ2) is 7.98. The van der Waals surface area contributed by atoms with Gasteiger partial charge in [-0.05, 0) is 69.4 Å². The molecule has 1 fully saturated rings. The number of rotatable bonds is 5. The van der Waals surface area contributed by atoms with Gasteiger partial charge < -0.3 is 0 Å². The van der Waals surface area contributed by atoms with E-state index in [2.05, 4.69) is 40.0 Å². The molecule has 1 aromatic carbocycles. The zero-order valence-electron chi connectivity index (χ0n) is 20.8. The lowest BCUT2D eigenvalue weighted by Gasteiger charge is -2.37. The number of hydrogen-bond donors (Lipinski definition) is 0. The molecule has 3 aromatic heterocycles. The average Bonchev–Trinajstić information content (AvgIpc) is 3.45. The maximum absolute atomic E-state index is 14.5. The van der Waals surface area contributed by atoms with E-state index >= 15 is 0 Å². The smallest absolute Gasteiger partial charge is 0.162 e. The summed E-state index contributed by atoms with van der Waals surface area (Å²) in [6, 6.07) is 7.50. The highest BCUT2D eigenvalue weighted by molar-refractivity contribution is 7.98. The maximum Gasteiger partial charge on any atom is 0.162 e. The van der Waals surface area contributed by atoms with Gasteiger partial charge in [-0.2, -0.15) is 10.2 Å². The van der Waals surface area contributed by atoms with E-state index in [4.69, 9.17) is 4.98 Å². The Morgan fingerprint density at radius 3 is 2.68 bits per heavy atom. The van der Waals surface area contributed by atoms with Gasteiger partial charge in [-0.25, -0.2) is 18.7 Å². The highest BCUT2D eigenvalue weighted by Crippen LogP contribution is 2.69. The Morgan fingerprint density at radius 1 is 1.19 bits per heavy atom. The minimum Gasteiger partial charge on any atom is -0.266 e. The van der Waals surface area contributed by atoms with Crippen molar-refractivity contribution in [1.82, 2.24) is 29.9 Å². The van der Waals surface area contributed by atoms with Crippen molar-refractivity contribution in [2.75, 3.05) is 6.26 Å². The van der Waals surface area contributed by atoms with Crippen molar-refractivity contribution in [3.63, 3.8) is 0 Å². The summed E-state index contributed by atoms with van der Waals surface area (Å²) in [4.78, 5) is 9.44. The van der Waals surface area contributed by atoms with E-state index in [1.54, 1.807) is 35.6 Å². The molecule has 190 valence electrons. The van der Waals surface area contributed by atoms with Crippen LogP contribution in [0, 0.1) is 17.0 Å². The van der Waals surface area contributed by atoms with Crippen LogP contribution in [-0.4, -0.2) is 46.3 Å². The van der Waals surface area contributed by atoms with Gasteiger partial charge in [0.25, 0.3) is 0 Å². The van der Waals surface area contributed by atoms with Crippen LogP contribution in [0.4, 0.5) is 8.78 Å². The molecular weight excluding hydrogens is 494 g/mol. The standard InChI is InChI=1S/C27H26F2N6OS/c1-26(2)18-8-10-27(26,24-17(18)12-21(33-34-24)23-19(28)6-5-7-20(23)29)22-9-11-30-25(32-22)16-13-31-35(14-16)15-37(3,4)36/h5-7,9,11-14,18H,3,8,10,15H2,1-2,4H3/t18-,27-,37?/m0/s1. The summed E-state index contributed by atoms with van der Waals surface area (Å²) >= 11 is 0. The van der Waals surface area contributed by atoms with Crippen LogP contribution in [0.25, 0.3) is 22.6 Å². The van der Waals surface area contributed by atoms with Gasteiger partial charge in [0.05, 0.1) is 39.8 Å². The molecule has 6 rings (SSSR count). The maximum atomic E-state index is 14.5. The largest absolute Gasteiger partial charge is 0.266 e. The monoisotopic (exact) mass is 520 g/mol. The first-order chi connectivity index (χ1) is 17.5. The van der Waals surface area contributed by atoms with E-state index in [9.17, 15) is 13.0 Å². The third-order valence-electron chi connectivity index (χ3n) is 7.99. The Labute approximate surface area is 214 Å². The van der Waals surface area contributed by atoms with Crippen LogP contribution in [-0.2, 0) is 20.8 Å². The van der Waals surface area contributed by atoms with Gasteiger partial charge in [0, 0.05) is 18.6 Å². The van der Waals surface area contributed by atoms with E-state index in [1.807, 2.05) is 6.07 Å². The molecule has 0 radical (unpaired) electrons. The summed E-state index contributed by atoms with van der Waals surface area (Å²) in [6.45, 7) is 4.39. The van der Waals surface area contributed by atoms with Crippen molar-refractivity contribution in [2.24, 2.45) is 5.41 Å². The summed E-state index contributed by atoms with van der Waals surface area (Å²) < 4.78 is 42.7. The van der Waals surface area contributed by atoms with Gasteiger partial charge in [-0.3, -0.25) is 8.89 Å². The summed E-state index contributed by atoms with van der Waals surface area (Å²) in [5.74, 6) is 3.23. The normalized spacial score (nSPS) is 23.1. The lowest BCUT2D eigenvalue weighted by molar-refractivity contribution is 0.243. The summed E-state index contributed by atoms with van der Waals surface area (Å²) in [5, 5.41) is 13.2. The predicted octanol–water partition coefficient (Wildman–Crippen LogP) is 4.58. The molecule has 3 atom stereocenters. The zero-order valence-corrected chi connectivity index (χ0v) is 21.6. The lowest BCUT2D eigenvalue weighted by atomic mass is 9.66. The Kier molecular flexibility index (Phi) is 5.14. The molecule has 2 aliphatic carbocycles. The Bertz CT molecular complexity index is 1640. The quantitative estimate of drug-likeness (QED) is 0.358. The van der Waals surface area contributed by atoms with Gasteiger partial charge in [0.15, 0.2) is 5.82 Å². The molecule has 37 heavy (non-hydrogen) atoms. The van der Waals surface area contributed by atoms with Gasteiger partial charge in [-0.1, -0.05) is 19.9 Å².